The van der Waals surface area contributed by atoms with Crippen molar-refractivity contribution in [2.45, 2.75) is 32.6 Å². The first kappa shape index (κ1) is 14.1. The number of carbonyl (C=O) groups excluding carboxylic acids is 1. The lowest BCUT2D eigenvalue weighted by Crippen LogP contribution is -2.34. The van der Waals surface area contributed by atoms with Crippen molar-refractivity contribution in [1.82, 2.24) is 20.6 Å². The van der Waals surface area contributed by atoms with Crippen LogP contribution < -0.4 is 10.6 Å². The molecule has 5 nitrogen and oxygen atoms in total. The van der Waals surface area contributed by atoms with Crippen LogP contribution in [0.3, 0.4) is 0 Å². The second-order valence-corrected chi connectivity index (χ2v) is 5.40. The highest BCUT2D eigenvalue weighted by molar-refractivity contribution is 5.76. The largest absolute Gasteiger partial charge is 0.356 e. The van der Waals surface area contributed by atoms with Crippen LogP contribution in [0.5, 0.6) is 0 Å². The standard InChI is InChI=1S/C14H24N4O/c1-11(12-2-5-15-6-3-12)10-14(19)18-7-4-13-16-8-9-17-13/h8-9,11-12,15H,2-7,10H2,1H3,(H,16,17)(H,18,19). The molecule has 19 heavy (non-hydrogen) atoms. The van der Waals surface area contributed by atoms with Crippen molar-refractivity contribution in [3.8, 4) is 0 Å². The summed E-state index contributed by atoms with van der Waals surface area (Å²) >= 11 is 0. The van der Waals surface area contributed by atoms with Crippen molar-refractivity contribution >= 4 is 5.91 Å². The van der Waals surface area contributed by atoms with Gasteiger partial charge in [0.25, 0.3) is 0 Å². The molecule has 0 aromatic carbocycles. The molecule has 1 aliphatic rings. The van der Waals surface area contributed by atoms with Gasteiger partial charge in [0.2, 0.25) is 5.91 Å². The van der Waals surface area contributed by atoms with Crippen LogP contribution in [0.4, 0.5) is 0 Å². The minimum absolute atomic E-state index is 0.164. The van der Waals surface area contributed by atoms with E-state index in [0.717, 1.165) is 25.3 Å². The second-order valence-electron chi connectivity index (χ2n) is 5.40. The SMILES string of the molecule is CC(CC(=O)NCCc1ncc[nH]1)C1CCNCC1. The van der Waals surface area contributed by atoms with Gasteiger partial charge in [-0.3, -0.25) is 4.79 Å². The molecule has 0 radical (unpaired) electrons. The van der Waals surface area contributed by atoms with Gasteiger partial charge in [-0.1, -0.05) is 6.92 Å². The van der Waals surface area contributed by atoms with Crippen molar-refractivity contribution < 1.29 is 4.79 Å². The predicted molar refractivity (Wildman–Crippen MR) is 74.7 cm³/mol. The molecule has 0 bridgehead atoms. The summed E-state index contributed by atoms with van der Waals surface area (Å²) in [4.78, 5) is 19.0. The number of rotatable bonds is 6. The van der Waals surface area contributed by atoms with Gasteiger partial charge in [0.15, 0.2) is 0 Å². The molecule has 1 aliphatic heterocycles. The maximum Gasteiger partial charge on any atom is 0.220 e. The highest BCUT2D eigenvalue weighted by atomic mass is 16.1. The second kappa shape index (κ2) is 7.28. The molecular formula is C14H24N4O. The van der Waals surface area contributed by atoms with Gasteiger partial charge in [-0.05, 0) is 37.8 Å². The van der Waals surface area contributed by atoms with Crippen LogP contribution in [0.15, 0.2) is 12.4 Å². The van der Waals surface area contributed by atoms with Gasteiger partial charge in [-0.15, -0.1) is 0 Å². The molecule has 1 atom stereocenters. The van der Waals surface area contributed by atoms with Crippen LogP contribution in [0.25, 0.3) is 0 Å². The van der Waals surface area contributed by atoms with Crippen molar-refractivity contribution in [3.05, 3.63) is 18.2 Å². The van der Waals surface area contributed by atoms with Crippen molar-refractivity contribution in [2.24, 2.45) is 11.8 Å². The molecule has 1 aromatic heterocycles. The lowest BCUT2D eigenvalue weighted by molar-refractivity contribution is -0.122. The molecule has 1 fully saturated rings. The zero-order valence-corrected chi connectivity index (χ0v) is 11.6. The third-order valence-electron chi connectivity index (χ3n) is 3.93. The number of nitrogens with one attached hydrogen (secondary N) is 3. The third kappa shape index (κ3) is 4.67. The molecular weight excluding hydrogens is 240 g/mol. The molecule has 5 heteroatoms. The number of hydrogen-bond donors (Lipinski definition) is 3. The summed E-state index contributed by atoms with van der Waals surface area (Å²) in [6.07, 6.45) is 7.33. The summed E-state index contributed by atoms with van der Waals surface area (Å²) < 4.78 is 0. The van der Waals surface area contributed by atoms with Crippen LogP contribution in [0.1, 0.15) is 32.0 Å². The monoisotopic (exact) mass is 264 g/mol. The van der Waals surface area contributed by atoms with Crippen LogP contribution in [0.2, 0.25) is 0 Å². The molecule has 0 spiro atoms. The summed E-state index contributed by atoms with van der Waals surface area (Å²) in [5.41, 5.74) is 0. The number of imidazole rings is 1. The Morgan fingerprint density at radius 1 is 1.53 bits per heavy atom. The Morgan fingerprint density at radius 2 is 2.32 bits per heavy atom. The molecule has 1 aromatic rings. The number of nitrogens with zero attached hydrogens (tertiary/aromatic N) is 1. The fourth-order valence-corrected chi connectivity index (χ4v) is 2.70. The minimum Gasteiger partial charge on any atom is -0.356 e. The number of hydrogen-bond acceptors (Lipinski definition) is 3. The van der Waals surface area contributed by atoms with Gasteiger partial charge >= 0.3 is 0 Å². The fraction of sp³-hybridized carbons (Fsp3) is 0.714. The maximum absolute atomic E-state index is 11.9. The first-order chi connectivity index (χ1) is 9.25. The summed E-state index contributed by atoms with van der Waals surface area (Å²) in [6, 6.07) is 0. The van der Waals surface area contributed by atoms with Crippen molar-refractivity contribution in [3.63, 3.8) is 0 Å². The predicted octanol–water partition coefficient (Wildman–Crippen LogP) is 1.09. The van der Waals surface area contributed by atoms with E-state index in [1.54, 1.807) is 12.4 Å². The molecule has 106 valence electrons. The number of aromatic nitrogens is 2. The summed E-state index contributed by atoms with van der Waals surface area (Å²) in [6.45, 7) is 5.04. The van der Waals surface area contributed by atoms with E-state index >= 15 is 0 Å². The molecule has 1 amide bonds. The highest BCUT2D eigenvalue weighted by Crippen LogP contribution is 2.23. The molecule has 2 rings (SSSR count). The Labute approximate surface area is 114 Å². The third-order valence-corrected chi connectivity index (χ3v) is 3.93. The lowest BCUT2D eigenvalue weighted by Gasteiger charge is -2.27. The average molecular weight is 264 g/mol. The number of H-pyrrole nitrogens is 1. The van der Waals surface area contributed by atoms with Crippen LogP contribution in [-0.2, 0) is 11.2 Å². The lowest BCUT2D eigenvalue weighted by atomic mass is 9.84. The molecule has 0 saturated carbocycles. The topological polar surface area (TPSA) is 69.8 Å². The maximum atomic E-state index is 11.9. The molecule has 1 unspecified atom stereocenters. The first-order valence-corrected chi connectivity index (χ1v) is 7.21. The van der Waals surface area contributed by atoms with Gasteiger partial charge in [0.05, 0.1) is 0 Å². The zero-order valence-electron chi connectivity index (χ0n) is 11.6. The summed E-state index contributed by atoms with van der Waals surface area (Å²) in [7, 11) is 0. The Kier molecular flexibility index (Phi) is 5.39. The number of piperidine rings is 1. The Morgan fingerprint density at radius 3 is 3.00 bits per heavy atom. The van der Waals surface area contributed by atoms with Gasteiger partial charge in [-0.25, -0.2) is 4.98 Å². The quantitative estimate of drug-likeness (QED) is 0.720. The molecule has 3 N–H and O–H groups in total. The van der Waals surface area contributed by atoms with E-state index in [9.17, 15) is 4.79 Å². The molecule has 0 aliphatic carbocycles. The van der Waals surface area contributed by atoms with Crippen LogP contribution in [0, 0.1) is 11.8 Å². The fourth-order valence-electron chi connectivity index (χ4n) is 2.70. The Hall–Kier alpha value is -1.36. The Bertz CT molecular complexity index is 371. The van der Waals surface area contributed by atoms with E-state index in [-0.39, 0.29) is 5.91 Å². The molecule has 2 heterocycles. The highest BCUT2D eigenvalue weighted by Gasteiger charge is 2.21. The van der Waals surface area contributed by atoms with E-state index in [2.05, 4.69) is 27.5 Å². The summed E-state index contributed by atoms with van der Waals surface area (Å²) in [5.74, 6) is 2.26. The van der Waals surface area contributed by atoms with Crippen molar-refractivity contribution in [2.75, 3.05) is 19.6 Å². The van der Waals surface area contributed by atoms with E-state index < -0.39 is 0 Å². The van der Waals surface area contributed by atoms with E-state index in [1.807, 2.05) is 0 Å². The van der Waals surface area contributed by atoms with E-state index in [1.165, 1.54) is 12.8 Å². The normalized spacial score (nSPS) is 18.2. The van der Waals surface area contributed by atoms with Gasteiger partial charge < -0.3 is 15.6 Å². The zero-order chi connectivity index (χ0) is 13.5. The Balaban J connectivity index is 1.63. The average Bonchev–Trinajstić information content (AvgIpc) is 2.93. The number of carbonyl (C=O) groups is 1. The van der Waals surface area contributed by atoms with Crippen LogP contribution >= 0.6 is 0 Å². The van der Waals surface area contributed by atoms with Gasteiger partial charge in [0.1, 0.15) is 5.82 Å². The van der Waals surface area contributed by atoms with E-state index in [0.29, 0.717) is 24.8 Å². The smallest absolute Gasteiger partial charge is 0.220 e. The van der Waals surface area contributed by atoms with Gasteiger partial charge in [-0.2, -0.15) is 0 Å². The first-order valence-electron chi connectivity index (χ1n) is 7.21. The number of amides is 1. The number of aromatic amines is 1. The van der Waals surface area contributed by atoms with Gasteiger partial charge in [0, 0.05) is 31.8 Å². The van der Waals surface area contributed by atoms with E-state index in [4.69, 9.17) is 0 Å². The summed E-state index contributed by atoms with van der Waals surface area (Å²) in [5, 5.41) is 6.34. The van der Waals surface area contributed by atoms with Crippen LogP contribution in [-0.4, -0.2) is 35.5 Å². The minimum atomic E-state index is 0.164. The van der Waals surface area contributed by atoms with Crippen molar-refractivity contribution in [1.29, 1.82) is 0 Å². The molecule has 1 saturated heterocycles.